The van der Waals surface area contributed by atoms with Crippen molar-refractivity contribution in [2.24, 2.45) is 5.92 Å². The van der Waals surface area contributed by atoms with E-state index in [9.17, 15) is 4.79 Å². The Bertz CT molecular complexity index is 470. The summed E-state index contributed by atoms with van der Waals surface area (Å²) in [5, 5.41) is 6.61. The normalized spacial score (nSPS) is 26.5. The van der Waals surface area contributed by atoms with Gasteiger partial charge in [-0.15, -0.1) is 0 Å². The highest BCUT2D eigenvalue weighted by molar-refractivity contribution is 5.79. The van der Waals surface area contributed by atoms with Gasteiger partial charge in [-0.2, -0.15) is 0 Å². The Morgan fingerprint density at radius 2 is 2.09 bits per heavy atom. The standard InChI is InChI=1S/C18H27N3O/c22-18(16-8-4-10-19-12-16)20-17-9-5-11-21(14-17)13-15-6-2-1-3-7-15/h1-3,6-7,16-17,19H,4-5,8-14H2,(H,20,22)/t16-,17?/m1/s1. The molecule has 2 N–H and O–H groups in total. The molecule has 0 aliphatic carbocycles. The van der Waals surface area contributed by atoms with Crippen molar-refractivity contribution < 1.29 is 4.79 Å². The maximum Gasteiger partial charge on any atom is 0.224 e. The highest BCUT2D eigenvalue weighted by atomic mass is 16.2. The minimum absolute atomic E-state index is 0.165. The smallest absolute Gasteiger partial charge is 0.224 e. The number of piperidine rings is 2. The Balaban J connectivity index is 1.48. The van der Waals surface area contributed by atoms with Crippen LogP contribution in [-0.2, 0) is 11.3 Å². The van der Waals surface area contributed by atoms with E-state index in [1.165, 1.54) is 12.0 Å². The van der Waals surface area contributed by atoms with Crippen LogP contribution in [-0.4, -0.2) is 43.0 Å². The molecule has 1 aromatic carbocycles. The van der Waals surface area contributed by atoms with Crippen LogP contribution in [0, 0.1) is 5.92 Å². The molecule has 2 fully saturated rings. The van der Waals surface area contributed by atoms with Crippen LogP contribution in [0.1, 0.15) is 31.2 Å². The fourth-order valence-electron chi connectivity index (χ4n) is 3.55. The summed E-state index contributed by atoms with van der Waals surface area (Å²) in [4.78, 5) is 14.8. The van der Waals surface area contributed by atoms with Gasteiger partial charge < -0.3 is 10.6 Å². The van der Waals surface area contributed by atoms with Crippen LogP contribution in [0.2, 0.25) is 0 Å². The van der Waals surface area contributed by atoms with E-state index in [2.05, 4.69) is 45.9 Å². The Hall–Kier alpha value is -1.39. The molecule has 0 spiro atoms. The second-order valence-electron chi connectivity index (χ2n) is 6.61. The van der Waals surface area contributed by atoms with Gasteiger partial charge in [-0.3, -0.25) is 9.69 Å². The first-order valence-corrected chi connectivity index (χ1v) is 8.58. The lowest BCUT2D eigenvalue weighted by molar-refractivity contribution is -0.126. The predicted molar refractivity (Wildman–Crippen MR) is 88.5 cm³/mol. The zero-order valence-corrected chi connectivity index (χ0v) is 13.3. The number of rotatable bonds is 4. The molecule has 2 atom stereocenters. The topological polar surface area (TPSA) is 44.4 Å². The minimum Gasteiger partial charge on any atom is -0.352 e. The van der Waals surface area contributed by atoms with Gasteiger partial charge in [0.1, 0.15) is 0 Å². The molecule has 2 aliphatic rings. The number of nitrogens with one attached hydrogen (secondary N) is 2. The number of amides is 1. The molecule has 2 aliphatic heterocycles. The minimum atomic E-state index is 0.165. The Morgan fingerprint density at radius 1 is 1.23 bits per heavy atom. The van der Waals surface area contributed by atoms with Crippen LogP contribution in [0.4, 0.5) is 0 Å². The zero-order valence-electron chi connectivity index (χ0n) is 13.3. The molecule has 0 saturated carbocycles. The van der Waals surface area contributed by atoms with Crippen LogP contribution >= 0.6 is 0 Å². The van der Waals surface area contributed by atoms with E-state index in [0.717, 1.165) is 52.0 Å². The SMILES string of the molecule is O=C(NC1CCCN(Cc2ccccc2)C1)[C@@H]1CCCNC1. The highest BCUT2D eigenvalue weighted by Crippen LogP contribution is 2.16. The monoisotopic (exact) mass is 301 g/mol. The number of benzene rings is 1. The maximum atomic E-state index is 12.4. The molecule has 0 radical (unpaired) electrons. The second-order valence-corrected chi connectivity index (χ2v) is 6.61. The van der Waals surface area contributed by atoms with E-state index in [1.54, 1.807) is 0 Å². The summed E-state index contributed by atoms with van der Waals surface area (Å²) in [6.45, 7) is 4.98. The van der Waals surface area contributed by atoms with Crippen LogP contribution in [0.5, 0.6) is 0 Å². The second kappa shape index (κ2) is 7.75. The highest BCUT2D eigenvalue weighted by Gasteiger charge is 2.26. The number of hydrogen-bond donors (Lipinski definition) is 2. The lowest BCUT2D eigenvalue weighted by Gasteiger charge is -2.34. The molecule has 4 heteroatoms. The average Bonchev–Trinajstić information content (AvgIpc) is 2.57. The molecule has 22 heavy (non-hydrogen) atoms. The van der Waals surface area contributed by atoms with Gasteiger partial charge in [-0.05, 0) is 44.3 Å². The third-order valence-corrected chi connectivity index (χ3v) is 4.77. The number of nitrogens with zero attached hydrogens (tertiary/aromatic N) is 1. The van der Waals surface area contributed by atoms with Gasteiger partial charge in [-0.1, -0.05) is 30.3 Å². The number of hydrogen-bond acceptors (Lipinski definition) is 3. The van der Waals surface area contributed by atoms with Crippen LogP contribution in [0.15, 0.2) is 30.3 Å². The van der Waals surface area contributed by atoms with Crippen molar-refractivity contribution in [1.82, 2.24) is 15.5 Å². The molecular formula is C18H27N3O. The van der Waals surface area contributed by atoms with Crippen LogP contribution < -0.4 is 10.6 Å². The quantitative estimate of drug-likeness (QED) is 0.891. The summed E-state index contributed by atoms with van der Waals surface area (Å²) >= 11 is 0. The van der Waals surface area contributed by atoms with Gasteiger partial charge in [-0.25, -0.2) is 0 Å². The van der Waals surface area contributed by atoms with Crippen LogP contribution in [0.25, 0.3) is 0 Å². The van der Waals surface area contributed by atoms with Crippen molar-refractivity contribution in [3.8, 4) is 0 Å². The first-order chi connectivity index (χ1) is 10.8. The van der Waals surface area contributed by atoms with E-state index in [1.807, 2.05) is 0 Å². The number of likely N-dealkylation sites (tertiary alicyclic amines) is 1. The van der Waals surface area contributed by atoms with E-state index in [-0.39, 0.29) is 11.8 Å². The average molecular weight is 301 g/mol. The van der Waals surface area contributed by atoms with Crippen molar-refractivity contribution in [2.75, 3.05) is 26.2 Å². The van der Waals surface area contributed by atoms with Crippen LogP contribution in [0.3, 0.4) is 0 Å². The maximum absolute atomic E-state index is 12.4. The third kappa shape index (κ3) is 4.31. The van der Waals surface area contributed by atoms with Gasteiger partial charge in [0, 0.05) is 25.7 Å². The summed E-state index contributed by atoms with van der Waals surface area (Å²) in [7, 11) is 0. The zero-order chi connectivity index (χ0) is 15.2. The van der Waals surface area contributed by atoms with Crippen molar-refractivity contribution in [3.63, 3.8) is 0 Å². The lowest BCUT2D eigenvalue weighted by atomic mass is 9.97. The molecule has 1 aromatic rings. The molecule has 1 amide bonds. The molecule has 1 unspecified atom stereocenters. The molecule has 0 bridgehead atoms. The first kappa shape index (κ1) is 15.5. The number of carbonyl (C=O) groups is 1. The van der Waals surface area contributed by atoms with Gasteiger partial charge >= 0.3 is 0 Å². The van der Waals surface area contributed by atoms with Gasteiger partial charge in [0.05, 0.1) is 5.92 Å². The van der Waals surface area contributed by atoms with Crippen molar-refractivity contribution in [3.05, 3.63) is 35.9 Å². The van der Waals surface area contributed by atoms with E-state index < -0.39 is 0 Å². The fraction of sp³-hybridized carbons (Fsp3) is 0.611. The largest absolute Gasteiger partial charge is 0.352 e. The predicted octanol–water partition coefficient (Wildman–Crippen LogP) is 1.77. The van der Waals surface area contributed by atoms with E-state index in [4.69, 9.17) is 0 Å². The van der Waals surface area contributed by atoms with Crippen molar-refractivity contribution >= 4 is 5.91 Å². The van der Waals surface area contributed by atoms with E-state index >= 15 is 0 Å². The van der Waals surface area contributed by atoms with Gasteiger partial charge in [0.25, 0.3) is 0 Å². The molecular weight excluding hydrogens is 274 g/mol. The molecule has 2 saturated heterocycles. The molecule has 4 nitrogen and oxygen atoms in total. The molecule has 0 aromatic heterocycles. The lowest BCUT2D eigenvalue weighted by Crippen LogP contribution is -2.50. The summed E-state index contributed by atoms with van der Waals surface area (Å²) in [6.07, 6.45) is 4.42. The van der Waals surface area contributed by atoms with Crippen molar-refractivity contribution in [2.45, 2.75) is 38.3 Å². The van der Waals surface area contributed by atoms with Crippen molar-refractivity contribution in [1.29, 1.82) is 0 Å². The third-order valence-electron chi connectivity index (χ3n) is 4.77. The Kier molecular flexibility index (Phi) is 5.46. The molecule has 120 valence electrons. The molecule has 3 rings (SSSR count). The molecule has 2 heterocycles. The fourth-order valence-corrected chi connectivity index (χ4v) is 3.55. The van der Waals surface area contributed by atoms with Gasteiger partial charge in [0.2, 0.25) is 5.91 Å². The van der Waals surface area contributed by atoms with E-state index in [0.29, 0.717) is 6.04 Å². The Morgan fingerprint density at radius 3 is 2.86 bits per heavy atom. The number of carbonyl (C=O) groups excluding carboxylic acids is 1. The Labute approximate surface area is 133 Å². The first-order valence-electron chi connectivity index (χ1n) is 8.58. The summed E-state index contributed by atoms with van der Waals surface area (Å²) in [6, 6.07) is 10.9. The summed E-state index contributed by atoms with van der Waals surface area (Å²) in [5.41, 5.74) is 1.35. The summed E-state index contributed by atoms with van der Waals surface area (Å²) in [5.74, 6) is 0.414. The summed E-state index contributed by atoms with van der Waals surface area (Å²) < 4.78 is 0. The van der Waals surface area contributed by atoms with Gasteiger partial charge in [0.15, 0.2) is 0 Å².